The van der Waals surface area contributed by atoms with Gasteiger partial charge in [0.2, 0.25) is 15.9 Å². The molecule has 1 aromatic carbocycles. The van der Waals surface area contributed by atoms with Gasteiger partial charge < -0.3 is 9.80 Å². The lowest BCUT2D eigenvalue weighted by Gasteiger charge is -2.40. The van der Waals surface area contributed by atoms with E-state index in [0.717, 1.165) is 39.4 Å². The molecule has 1 aliphatic rings. The molecule has 0 spiro atoms. The summed E-state index contributed by atoms with van der Waals surface area (Å²) in [4.78, 5) is 41.9. The number of pyridine rings is 2. The average molecular weight is 678 g/mol. The Hall–Kier alpha value is -4.93. The van der Waals surface area contributed by atoms with E-state index in [9.17, 15) is 31.2 Å². The van der Waals surface area contributed by atoms with E-state index < -0.39 is 62.0 Å². The third kappa shape index (κ3) is 6.02. The van der Waals surface area contributed by atoms with Gasteiger partial charge in [-0.15, -0.1) is 0 Å². The summed E-state index contributed by atoms with van der Waals surface area (Å²) in [5.74, 6) is -3.19. The number of piperazine rings is 1. The van der Waals surface area contributed by atoms with Crippen LogP contribution in [0.1, 0.15) is 18.2 Å². The van der Waals surface area contributed by atoms with E-state index in [1.54, 1.807) is 11.8 Å². The van der Waals surface area contributed by atoms with Crippen molar-refractivity contribution in [1.29, 1.82) is 0 Å². The highest BCUT2D eigenvalue weighted by Crippen LogP contribution is 2.40. The molecule has 17 heteroatoms. The van der Waals surface area contributed by atoms with Crippen molar-refractivity contribution < 1.29 is 35.2 Å². The Morgan fingerprint density at radius 1 is 1.13 bits per heavy atom. The molecule has 4 aromatic rings. The summed E-state index contributed by atoms with van der Waals surface area (Å²) >= 11 is 0. The van der Waals surface area contributed by atoms with E-state index in [-0.39, 0.29) is 53.8 Å². The Balaban J connectivity index is 1.89. The molecule has 0 radical (unpaired) electrons. The van der Waals surface area contributed by atoms with Crippen LogP contribution in [0.15, 0.2) is 54.0 Å². The highest BCUT2D eigenvalue weighted by molar-refractivity contribution is 7.92. The predicted molar refractivity (Wildman–Crippen MR) is 165 cm³/mol. The number of aromatic nitrogens is 4. The van der Waals surface area contributed by atoms with E-state index in [0.29, 0.717) is 6.07 Å². The van der Waals surface area contributed by atoms with Crippen LogP contribution in [0.25, 0.3) is 28.0 Å². The molecule has 3 aromatic heterocycles. The van der Waals surface area contributed by atoms with E-state index in [4.69, 9.17) is 0 Å². The Morgan fingerprint density at radius 2 is 1.83 bits per heavy atom. The minimum Gasteiger partial charge on any atom is -0.350 e. The van der Waals surface area contributed by atoms with Gasteiger partial charge in [-0.05, 0) is 44.2 Å². The molecule has 1 saturated heterocycles. The summed E-state index contributed by atoms with van der Waals surface area (Å²) in [5.41, 5.74) is -5.35. The van der Waals surface area contributed by atoms with Gasteiger partial charge in [-0.25, -0.2) is 31.5 Å². The van der Waals surface area contributed by atoms with Crippen molar-refractivity contribution in [2.24, 2.45) is 0 Å². The number of sulfonamides is 1. The molecule has 11 nitrogen and oxygen atoms in total. The number of aryl methyl sites for hydroxylation is 1. The number of hydrogen-bond acceptors (Lipinski definition) is 8. The summed E-state index contributed by atoms with van der Waals surface area (Å²) in [7, 11) is -2.72. The maximum absolute atomic E-state index is 16.0. The molecular weight excluding hydrogens is 649 g/mol. The smallest absolute Gasteiger partial charge is 0.350 e. The van der Waals surface area contributed by atoms with Crippen molar-refractivity contribution in [3.8, 4) is 16.9 Å². The first-order valence-electron chi connectivity index (χ1n) is 14.0. The molecule has 0 aliphatic carbocycles. The summed E-state index contributed by atoms with van der Waals surface area (Å²) in [6.45, 7) is 7.11. The summed E-state index contributed by atoms with van der Waals surface area (Å²) < 4.78 is 100. The molecule has 0 bridgehead atoms. The number of fused-ring (bicyclic) bond motifs is 1. The van der Waals surface area contributed by atoms with Gasteiger partial charge in [0.05, 0.1) is 39.8 Å². The van der Waals surface area contributed by atoms with Crippen LogP contribution in [0.2, 0.25) is 0 Å². The third-order valence-corrected chi connectivity index (χ3v) is 9.08. The number of nitrogens with zero attached hydrogens (tertiary/aromatic N) is 7. The molecule has 1 atom stereocenters. The molecule has 5 rings (SSSR count). The van der Waals surface area contributed by atoms with Crippen molar-refractivity contribution in [3.63, 3.8) is 0 Å². The van der Waals surface area contributed by atoms with Gasteiger partial charge in [-0.1, -0.05) is 12.6 Å². The average Bonchev–Trinajstić information content (AvgIpc) is 2.99. The van der Waals surface area contributed by atoms with Gasteiger partial charge in [0.15, 0.2) is 11.5 Å². The minimum absolute atomic E-state index is 0.0718. The summed E-state index contributed by atoms with van der Waals surface area (Å²) in [6, 6.07) is 3.72. The van der Waals surface area contributed by atoms with Gasteiger partial charge in [-0.2, -0.15) is 18.2 Å². The maximum Gasteiger partial charge on any atom is 0.417 e. The Morgan fingerprint density at radius 3 is 2.45 bits per heavy atom. The first-order valence-corrected chi connectivity index (χ1v) is 15.9. The molecule has 0 saturated carbocycles. The fourth-order valence-corrected chi connectivity index (χ4v) is 6.06. The molecule has 0 N–H and O–H groups in total. The van der Waals surface area contributed by atoms with Crippen molar-refractivity contribution >= 4 is 38.5 Å². The van der Waals surface area contributed by atoms with Crippen LogP contribution in [0.3, 0.4) is 0 Å². The zero-order valence-electron chi connectivity index (χ0n) is 25.5. The molecule has 248 valence electrons. The normalized spacial score (nSPS) is 15.6. The van der Waals surface area contributed by atoms with Crippen LogP contribution in [-0.4, -0.2) is 77.7 Å². The summed E-state index contributed by atoms with van der Waals surface area (Å²) in [5, 5.41) is -0.151. The highest BCUT2D eigenvalue weighted by Gasteiger charge is 2.37. The third-order valence-electron chi connectivity index (χ3n) is 7.89. The SMILES string of the molecule is C=CC(=O)N1CCN(c2nc(=O)n(-c3c(N(C)S(C)(=O)=O)ccnc3C)c3nc(-c4c(F)cccc4C(F)(F)F)c(F)cc23)[C@@H](C)C1. The van der Waals surface area contributed by atoms with Gasteiger partial charge in [0.25, 0.3) is 0 Å². The maximum atomic E-state index is 16.0. The number of benzene rings is 1. The van der Waals surface area contributed by atoms with Crippen molar-refractivity contribution in [3.05, 3.63) is 82.6 Å². The number of hydrogen-bond donors (Lipinski definition) is 0. The van der Waals surface area contributed by atoms with E-state index in [1.165, 1.54) is 31.1 Å². The van der Waals surface area contributed by atoms with Crippen LogP contribution < -0.4 is 14.9 Å². The van der Waals surface area contributed by atoms with Crippen molar-refractivity contribution in [2.45, 2.75) is 26.1 Å². The van der Waals surface area contributed by atoms with Gasteiger partial charge in [0, 0.05) is 38.9 Å². The summed E-state index contributed by atoms with van der Waals surface area (Å²) in [6.07, 6.45) is -1.76. The molecule has 47 heavy (non-hydrogen) atoms. The largest absolute Gasteiger partial charge is 0.417 e. The highest BCUT2D eigenvalue weighted by atomic mass is 32.2. The molecule has 4 heterocycles. The standard InChI is InChI=1S/C30H28F5N7O4S/c1-6-23(43)40-12-13-41(16(2)15-40)27-18-14-21(32)25(24-19(30(33,34)35)8-7-9-20(24)31)37-28(18)42(29(44)38-27)26-17(3)36-11-10-22(26)39(4)47(5,45)46/h6-11,14,16H,1,12-13,15H2,2-5H3/t16-/m0/s1. The number of alkyl halides is 3. The first kappa shape index (κ1) is 33.4. The molecule has 1 aliphatic heterocycles. The van der Waals surface area contributed by atoms with Crippen molar-refractivity contribution in [2.75, 3.05) is 42.1 Å². The van der Waals surface area contributed by atoms with Gasteiger partial charge in [0.1, 0.15) is 17.3 Å². The van der Waals surface area contributed by atoms with E-state index in [1.807, 2.05) is 0 Å². The second-order valence-corrected chi connectivity index (χ2v) is 12.9. The number of rotatable bonds is 6. The topological polar surface area (TPSA) is 122 Å². The zero-order chi connectivity index (χ0) is 34.6. The van der Waals surface area contributed by atoms with Gasteiger partial charge >= 0.3 is 11.9 Å². The first-order chi connectivity index (χ1) is 21.9. The van der Waals surface area contributed by atoms with Crippen LogP contribution in [0, 0.1) is 18.6 Å². The lowest BCUT2D eigenvalue weighted by molar-refractivity contribution is -0.137. The van der Waals surface area contributed by atoms with E-state index in [2.05, 4.69) is 21.5 Å². The Labute approximate surface area is 265 Å². The number of halogens is 5. The molecular formula is C30H28F5N7O4S. The zero-order valence-corrected chi connectivity index (χ0v) is 26.3. The number of carbonyl (C=O) groups excluding carboxylic acids is 1. The number of carbonyl (C=O) groups is 1. The Kier molecular flexibility index (Phi) is 8.55. The van der Waals surface area contributed by atoms with Crippen molar-refractivity contribution in [1.82, 2.24) is 24.4 Å². The fourth-order valence-electron chi connectivity index (χ4n) is 5.56. The van der Waals surface area contributed by atoms with Crippen LogP contribution in [0.5, 0.6) is 0 Å². The van der Waals surface area contributed by atoms with Crippen LogP contribution in [0.4, 0.5) is 33.5 Å². The Bertz CT molecular complexity index is 2100. The van der Waals surface area contributed by atoms with E-state index >= 15 is 8.78 Å². The molecule has 0 unspecified atom stereocenters. The van der Waals surface area contributed by atoms with Crippen LogP contribution >= 0.6 is 0 Å². The van der Waals surface area contributed by atoms with Gasteiger partial charge in [-0.3, -0.25) is 14.1 Å². The lowest BCUT2D eigenvalue weighted by atomic mass is 10.0. The minimum atomic E-state index is -5.10. The molecule has 1 fully saturated rings. The second kappa shape index (κ2) is 12.0. The second-order valence-electron chi connectivity index (χ2n) is 10.9. The lowest BCUT2D eigenvalue weighted by Crippen LogP contribution is -2.54. The van der Waals surface area contributed by atoms with Crippen LogP contribution in [-0.2, 0) is 21.0 Å². The molecule has 1 amide bonds. The predicted octanol–water partition coefficient (Wildman–Crippen LogP) is 4.07. The number of anilines is 2. The fraction of sp³-hybridized carbons (Fsp3) is 0.300. The quantitative estimate of drug-likeness (QED) is 0.221. The number of amides is 1. The monoisotopic (exact) mass is 677 g/mol.